The summed E-state index contributed by atoms with van der Waals surface area (Å²) < 4.78 is 1.96. The number of pyridine rings is 1. The van der Waals surface area contributed by atoms with E-state index in [4.69, 9.17) is 0 Å². The lowest BCUT2D eigenvalue weighted by molar-refractivity contribution is -0.595. The van der Waals surface area contributed by atoms with E-state index in [1.807, 2.05) is 94.5 Å². The summed E-state index contributed by atoms with van der Waals surface area (Å²) in [6, 6.07) is 38.5. The first-order chi connectivity index (χ1) is 25.5. The third-order valence-corrected chi connectivity index (χ3v) is 10.7. The second-order valence-corrected chi connectivity index (χ2v) is 14.7. The van der Waals surface area contributed by atoms with Crippen molar-refractivity contribution in [3.8, 4) is 27.9 Å². The van der Waals surface area contributed by atoms with Gasteiger partial charge in [0.1, 0.15) is 5.56 Å². The Hall–Kier alpha value is -5.43. The SMILES string of the molecule is Cc1cc[n+](-c2c(C(=O)O)c(CCc3ccc(C(=O)NP)cc3)c(-c3ccc(N(C)C)cc3)c(Sc3ccccc3)c2-c2ccc(N(C)C)cc2)cc1. The van der Waals surface area contributed by atoms with Crippen molar-refractivity contribution in [2.45, 2.75) is 29.6 Å². The van der Waals surface area contributed by atoms with Gasteiger partial charge in [0.05, 0.1) is 5.56 Å². The second-order valence-electron chi connectivity index (χ2n) is 13.3. The zero-order valence-electron chi connectivity index (χ0n) is 30.6. The number of aromatic nitrogens is 1. The summed E-state index contributed by atoms with van der Waals surface area (Å²) in [4.78, 5) is 32.3. The highest BCUT2D eigenvalue weighted by Crippen LogP contribution is 2.49. The Morgan fingerprint density at radius 1 is 0.717 bits per heavy atom. The molecule has 0 bridgehead atoms. The molecule has 0 aliphatic heterocycles. The molecule has 1 amide bonds. The van der Waals surface area contributed by atoms with Crippen LogP contribution in [0.4, 0.5) is 11.4 Å². The van der Waals surface area contributed by atoms with Crippen LogP contribution in [0.3, 0.4) is 0 Å². The van der Waals surface area contributed by atoms with Crippen LogP contribution in [0, 0.1) is 6.92 Å². The molecule has 0 saturated carbocycles. The summed E-state index contributed by atoms with van der Waals surface area (Å²) in [6.45, 7) is 2.03. The molecular formula is C44H44N4O3PS+. The molecule has 1 atom stereocenters. The lowest BCUT2D eigenvalue weighted by Crippen LogP contribution is -2.34. The molecule has 6 rings (SSSR count). The van der Waals surface area contributed by atoms with Crippen molar-refractivity contribution < 1.29 is 19.3 Å². The van der Waals surface area contributed by atoms with Gasteiger partial charge in [0.15, 0.2) is 12.4 Å². The minimum atomic E-state index is -0.996. The fraction of sp³-hybridized carbons (Fsp3) is 0.159. The number of aromatic carboxylic acids is 1. The summed E-state index contributed by atoms with van der Waals surface area (Å²) in [7, 11) is 10.3. The molecule has 0 fully saturated rings. The van der Waals surface area contributed by atoms with Crippen LogP contribution in [0.2, 0.25) is 0 Å². The van der Waals surface area contributed by atoms with E-state index < -0.39 is 5.97 Å². The van der Waals surface area contributed by atoms with Gasteiger partial charge in [-0.25, -0.2) is 4.79 Å². The first-order valence-electron chi connectivity index (χ1n) is 17.4. The summed E-state index contributed by atoms with van der Waals surface area (Å²) in [6.07, 6.45) is 4.92. The summed E-state index contributed by atoms with van der Waals surface area (Å²) >= 11 is 1.65. The fourth-order valence-corrected chi connectivity index (χ4v) is 7.82. The van der Waals surface area contributed by atoms with Crippen molar-refractivity contribution in [2.75, 3.05) is 38.0 Å². The van der Waals surface area contributed by atoms with Crippen LogP contribution in [0.5, 0.6) is 0 Å². The van der Waals surface area contributed by atoms with Crippen LogP contribution in [0.25, 0.3) is 27.9 Å². The standard InChI is InChI=1S/C44H43N4O3PS/c1-29-25-27-48(28-26-29)41-39(32-18-22-35(23-19-32)47(4)5)42(53-36-9-7-6-8-10-36)38(31-16-20-34(21-17-31)46(2)3)37(40(41)44(50)51)24-13-30-11-14-33(15-12-30)43(49)45-52/h6-12,14-23,25-28H,13,24,52H2,1-5H3,(H-,45,49,50,51)/p+1. The van der Waals surface area contributed by atoms with Crippen molar-refractivity contribution in [1.29, 1.82) is 0 Å². The zero-order valence-corrected chi connectivity index (χ0v) is 32.6. The molecule has 2 N–H and O–H groups in total. The van der Waals surface area contributed by atoms with Crippen molar-refractivity contribution in [1.82, 2.24) is 5.09 Å². The molecule has 268 valence electrons. The third kappa shape index (κ3) is 8.30. The van der Waals surface area contributed by atoms with Crippen LogP contribution >= 0.6 is 21.2 Å². The maximum atomic E-state index is 13.9. The number of nitrogens with zero attached hydrogens (tertiary/aromatic N) is 3. The summed E-state index contributed by atoms with van der Waals surface area (Å²) in [5, 5.41) is 14.0. The van der Waals surface area contributed by atoms with Gasteiger partial charge < -0.3 is 20.0 Å². The number of carbonyl (C=O) groups is 2. The van der Waals surface area contributed by atoms with Gasteiger partial charge >= 0.3 is 5.97 Å². The fourth-order valence-electron chi connectivity index (χ4n) is 6.46. The number of anilines is 2. The molecule has 53 heavy (non-hydrogen) atoms. The molecule has 0 aliphatic carbocycles. The van der Waals surface area contributed by atoms with Gasteiger partial charge in [-0.2, -0.15) is 4.57 Å². The Morgan fingerprint density at radius 2 is 1.26 bits per heavy atom. The Balaban J connectivity index is 1.72. The zero-order chi connectivity index (χ0) is 37.6. The normalized spacial score (nSPS) is 10.9. The molecule has 1 aromatic heterocycles. The van der Waals surface area contributed by atoms with Crippen LogP contribution in [-0.2, 0) is 12.8 Å². The third-order valence-electron chi connectivity index (χ3n) is 9.32. The predicted octanol–water partition coefficient (Wildman–Crippen LogP) is 8.89. The molecule has 1 heterocycles. The van der Waals surface area contributed by atoms with Gasteiger partial charge in [0.25, 0.3) is 5.91 Å². The first-order valence-corrected chi connectivity index (χ1v) is 18.8. The van der Waals surface area contributed by atoms with E-state index in [2.05, 4.69) is 84.9 Å². The molecule has 7 nitrogen and oxygen atoms in total. The Morgan fingerprint density at radius 3 is 1.77 bits per heavy atom. The van der Waals surface area contributed by atoms with Crippen molar-refractivity contribution in [3.63, 3.8) is 0 Å². The number of carboxylic acid groups (broad SMARTS) is 1. The lowest BCUT2D eigenvalue weighted by atomic mass is 9.85. The number of rotatable bonds is 12. The van der Waals surface area contributed by atoms with E-state index in [0.29, 0.717) is 24.1 Å². The smallest absolute Gasteiger partial charge is 0.342 e. The molecule has 0 radical (unpaired) electrons. The van der Waals surface area contributed by atoms with Gasteiger partial charge in [-0.3, -0.25) is 4.79 Å². The maximum absolute atomic E-state index is 13.9. The Bertz CT molecular complexity index is 2220. The average molecular weight is 740 g/mol. The Kier molecular flexibility index (Phi) is 11.6. The highest BCUT2D eigenvalue weighted by atomic mass is 32.2. The molecule has 0 spiro atoms. The van der Waals surface area contributed by atoms with Crippen LogP contribution in [-0.4, -0.2) is 45.2 Å². The van der Waals surface area contributed by atoms with E-state index in [0.717, 1.165) is 60.1 Å². The van der Waals surface area contributed by atoms with Crippen molar-refractivity contribution in [2.24, 2.45) is 0 Å². The maximum Gasteiger partial charge on any atom is 0.342 e. The van der Waals surface area contributed by atoms with E-state index in [1.54, 1.807) is 23.9 Å². The molecular weight excluding hydrogens is 696 g/mol. The highest BCUT2D eigenvalue weighted by Gasteiger charge is 2.34. The number of amides is 1. The first kappa shape index (κ1) is 37.3. The van der Waals surface area contributed by atoms with Gasteiger partial charge in [0.2, 0.25) is 5.69 Å². The van der Waals surface area contributed by atoms with E-state index in [1.165, 1.54) is 0 Å². The second kappa shape index (κ2) is 16.5. The summed E-state index contributed by atoms with van der Waals surface area (Å²) in [5.41, 5.74) is 9.94. The highest BCUT2D eigenvalue weighted by molar-refractivity contribution is 7.99. The summed E-state index contributed by atoms with van der Waals surface area (Å²) in [5.74, 6) is -1.18. The molecule has 9 heteroatoms. The van der Waals surface area contributed by atoms with Crippen LogP contribution < -0.4 is 19.5 Å². The minimum absolute atomic E-state index is 0.185. The number of hydrogen-bond acceptors (Lipinski definition) is 5. The monoisotopic (exact) mass is 739 g/mol. The topological polar surface area (TPSA) is 76.8 Å². The van der Waals surface area contributed by atoms with Gasteiger partial charge in [-0.1, -0.05) is 66.4 Å². The van der Waals surface area contributed by atoms with Gasteiger partial charge in [-0.15, -0.1) is 0 Å². The van der Waals surface area contributed by atoms with Crippen molar-refractivity contribution >= 4 is 44.4 Å². The van der Waals surface area contributed by atoms with Gasteiger partial charge in [-0.05, 0) is 106 Å². The van der Waals surface area contributed by atoms with Crippen molar-refractivity contribution in [3.05, 3.63) is 155 Å². The molecule has 5 aromatic carbocycles. The number of carboxylic acids is 1. The number of nitrogens with one attached hydrogen (secondary N) is 1. The predicted molar refractivity (Wildman–Crippen MR) is 221 cm³/mol. The lowest BCUT2D eigenvalue weighted by Gasteiger charge is -2.24. The average Bonchev–Trinajstić information content (AvgIpc) is 3.17. The van der Waals surface area contributed by atoms with E-state index in [9.17, 15) is 14.7 Å². The quantitative estimate of drug-likeness (QED) is 0.0965. The number of benzene rings is 5. The number of carbonyl (C=O) groups excluding carboxylic acids is 1. The molecule has 6 aromatic rings. The Labute approximate surface area is 318 Å². The molecule has 1 unspecified atom stereocenters. The van der Waals surface area contributed by atoms with E-state index in [-0.39, 0.29) is 11.5 Å². The van der Waals surface area contributed by atoms with Crippen LogP contribution in [0.15, 0.2) is 137 Å². The molecule has 0 aliphatic rings. The number of hydrogen-bond donors (Lipinski definition) is 2. The van der Waals surface area contributed by atoms with Gasteiger partial charge in [0, 0.05) is 72.6 Å². The number of aryl methyl sites for hydroxylation is 2. The molecule has 0 saturated heterocycles. The van der Waals surface area contributed by atoms with Crippen LogP contribution in [0.1, 0.15) is 37.4 Å². The van der Waals surface area contributed by atoms with E-state index >= 15 is 0 Å². The minimum Gasteiger partial charge on any atom is -0.477 e. The largest absolute Gasteiger partial charge is 0.477 e.